The number of thioether (sulfide) groups is 1. The number of amides is 1. The van der Waals surface area contributed by atoms with Gasteiger partial charge in [-0.1, -0.05) is 30.3 Å². The van der Waals surface area contributed by atoms with Crippen LogP contribution in [0.15, 0.2) is 65.6 Å². The monoisotopic (exact) mass is 315 g/mol. The molecular weight excluding hydrogens is 297 g/mol. The highest BCUT2D eigenvalue weighted by Gasteiger charge is 1.97. The first-order valence-corrected chi connectivity index (χ1v) is 8.12. The van der Waals surface area contributed by atoms with Gasteiger partial charge in [0, 0.05) is 17.5 Å². The third-order valence-electron chi connectivity index (χ3n) is 2.93. The van der Waals surface area contributed by atoms with Gasteiger partial charge < -0.3 is 5.32 Å². The van der Waals surface area contributed by atoms with Crippen molar-refractivity contribution < 1.29 is 9.18 Å². The van der Waals surface area contributed by atoms with Crippen molar-refractivity contribution in [3.05, 3.63) is 72.1 Å². The van der Waals surface area contributed by atoms with Crippen molar-refractivity contribution in [3.63, 3.8) is 0 Å². The van der Waals surface area contributed by atoms with E-state index < -0.39 is 0 Å². The molecule has 22 heavy (non-hydrogen) atoms. The summed E-state index contributed by atoms with van der Waals surface area (Å²) in [7, 11) is 0. The minimum Gasteiger partial charge on any atom is -0.353 e. The second-order valence-corrected chi connectivity index (χ2v) is 5.86. The summed E-state index contributed by atoms with van der Waals surface area (Å²) in [6.07, 6.45) is 4.21. The van der Waals surface area contributed by atoms with E-state index in [2.05, 4.69) is 5.32 Å². The van der Waals surface area contributed by atoms with E-state index in [0.29, 0.717) is 6.54 Å². The van der Waals surface area contributed by atoms with Crippen LogP contribution in [0.5, 0.6) is 0 Å². The van der Waals surface area contributed by atoms with Gasteiger partial charge in [-0.2, -0.15) is 0 Å². The predicted octanol–water partition coefficient (Wildman–Crippen LogP) is 4.14. The number of hydrogen-bond acceptors (Lipinski definition) is 2. The molecule has 0 atom stereocenters. The van der Waals surface area contributed by atoms with Gasteiger partial charge in [0.1, 0.15) is 5.82 Å². The van der Waals surface area contributed by atoms with Crippen LogP contribution in [0, 0.1) is 5.82 Å². The lowest BCUT2D eigenvalue weighted by Crippen LogP contribution is -2.22. The largest absolute Gasteiger partial charge is 0.353 e. The smallest absolute Gasteiger partial charge is 0.243 e. The quantitative estimate of drug-likeness (QED) is 0.473. The molecule has 1 N–H and O–H groups in total. The second kappa shape index (κ2) is 9.05. The van der Waals surface area contributed by atoms with Crippen LogP contribution in [0.3, 0.4) is 0 Å². The SMILES string of the molecule is O=C(C=Cc1ccccc1)NCCCSc1ccc(F)cc1. The summed E-state index contributed by atoms with van der Waals surface area (Å²) in [4.78, 5) is 12.7. The number of rotatable bonds is 7. The Labute approximate surface area is 134 Å². The number of halogens is 1. The summed E-state index contributed by atoms with van der Waals surface area (Å²) >= 11 is 1.66. The molecule has 2 nitrogen and oxygen atoms in total. The summed E-state index contributed by atoms with van der Waals surface area (Å²) < 4.78 is 12.8. The lowest BCUT2D eigenvalue weighted by molar-refractivity contribution is -0.116. The van der Waals surface area contributed by atoms with Crippen LogP contribution in [0.2, 0.25) is 0 Å². The van der Waals surface area contributed by atoms with Crippen LogP contribution in [0.25, 0.3) is 6.08 Å². The third-order valence-corrected chi connectivity index (χ3v) is 4.03. The number of carbonyl (C=O) groups excluding carboxylic acids is 1. The Balaban J connectivity index is 1.61. The molecule has 0 saturated carbocycles. The van der Waals surface area contributed by atoms with E-state index in [0.717, 1.165) is 22.6 Å². The fourth-order valence-corrected chi connectivity index (χ4v) is 2.65. The molecule has 1 amide bonds. The molecule has 0 radical (unpaired) electrons. The minimum absolute atomic E-state index is 0.0874. The summed E-state index contributed by atoms with van der Waals surface area (Å²) in [6.45, 7) is 0.631. The number of benzene rings is 2. The Bertz CT molecular complexity index is 611. The second-order valence-electron chi connectivity index (χ2n) is 4.69. The highest BCUT2D eigenvalue weighted by molar-refractivity contribution is 7.99. The normalized spacial score (nSPS) is 10.8. The van der Waals surface area contributed by atoms with Gasteiger partial charge >= 0.3 is 0 Å². The number of nitrogens with one attached hydrogen (secondary N) is 1. The van der Waals surface area contributed by atoms with E-state index in [1.807, 2.05) is 30.3 Å². The topological polar surface area (TPSA) is 29.1 Å². The van der Waals surface area contributed by atoms with Gasteiger partial charge in [0.2, 0.25) is 5.91 Å². The molecule has 0 spiro atoms. The molecule has 4 heteroatoms. The Morgan fingerprint density at radius 2 is 1.82 bits per heavy atom. The first kappa shape index (κ1) is 16.3. The number of hydrogen-bond donors (Lipinski definition) is 1. The molecular formula is C18H18FNOS. The molecule has 0 aromatic heterocycles. The van der Waals surface area contributed by atoms with Crippen molar-refractivity contribution in [3.8, 4) is 0 Å². The van der Waals surface area contributed by atoms with Crippen molar-refractivity contribution in [2.45, 2.75) is 11.3 Å². The average Bonchev–Trinajstić information content (AvgIpc) is 2.55. The summed E-state index contributed by atoms with van der Waals surface area (Å²) in [5.41, 5.74) is 1.00. The zero-order valence-corrected chi connectivity index (χ0v) is 13.0. The van der Waals surface area contributed by atoms with Crippen LogP contribution < -0.4 is 5.32 Å². The lowest BCUT2D eigenvalue weighted by Gasteiger charge is -2.03. The molecule has 0 bridgehead atoms. The average molecular weight is 315 g/mol. The van der Waals surface area contributed by atoms with E-state index in [1.54, 1.807) is 36.0 Å². The Morgan fingerprint density at radius 3 is 2.55 bits per heavy atom. The van der Waals surface area contributed by atoms with Crippen molar-refractivity contribution >= 4 is 23.7 Å². The zero-order chi connectivity index (χ0) is 15.6. The van der Waals surface area contributed by atoms with Crippen molar-refractivity contribution in [2.75, 3.05) is 12.3 Å². The third kappa shape index (κ3) is 6.14. The van der Waals surface area contributed by atoms with Crippen LogP contribution in [0.4, 0.5) is 4.39 Å². The van der Waals surface area contributed by atoms with Gasteiger partial charge in [-0.3, -0.25) is 4.79 Å². The van der Waals surface area contributed by atoms with E-state index in [1.165, 1.54) is 12.1 Å². The fraction of sp³-hybridized carbons (Fsp3) is 0.167. The molecule has 0 aliphatic heterocycles. The summed E-state index contributed by atoms with van der Waals surface area (Å²) in [5.74, 6) is 0.575. The molecule has 0 unspecified atom stereocenters. The van der Waals surface area contributed by atoms with E-state index in [9.17, 15) is 9.18 Å². The van der Waals surface area contributed by atoms with E-state index in [-0.39, 0.29) is 11.7 Å². The van der Waals surface area contributed by atoms with Crippen LogP contribution in [0.1, 0.15) is 12.0 Å². The first-order valence-electron chi connectivity index (χ1n) is 7.13. The van der Waals surface area contributed by atoms with Crippen molar-refractivity contribution in [1.29, 1.82) is 0 Å². The van der Waals surface area contributed by atoms with Gasteiger partial charge in [0.05, 0.1) is 0 Å². The molecule has 2 aromatic carbocycles. The fourth-order valence-electron chi connectivity index (χ4n) is 1.80. The van der Waals surface area contributed by atoms with Gasteiger partial charge in [0.25, 0.3) is 0 Å². The van der Waals surface area contributed by atoms with Gasteiger partial charge in [0.15, 0.2) is 0 Å². The molecule has 2 aromatic rings. The van der Waals surface area contributed by atoms with Crippen LogP contribution >= 0.6 is 11.8 Å². The first-order chi connectivity index (χ1) is 10.7. The Kier molecular flexibility index (Phi) is 6.71. The maximum absolute atomic E-state index is 12.8. The molecule has 0 aliphatic carbocycles. The van der Waals surface area contributed by atoms with Gasteiger partial charge in [-0.15, -0.1) is 11.8 Å². The van der Waals surface area contributed by atoms with Crippen molar-refractivity contribution in [2.24, 2.45) is 0 Å². The maximum Gasteiger partial charge on any atom is 0.243 e. The minimum atomic E-state index is -0.221. The molecule has 0 fully saturated rings. The van der Waals surface area contributed by atoms with Crippen molar-refractivity contribution in [1.82, 2.24) is 5.32 Å². The Hall–Kier alpha value is -2.07. The summed E-state index contributed by atoms with van der Waals surface area (Å²) in [5, 5.41) is 2.85. The molecule has 0 saturated heterocycles. The molecule has 0 aliphatic rings. The van der Waals surface area contributed by atoms with Crippen LogP contribution in [-0.2, 0) is 4.79 Å². The highest BCUT2D eigenvalue weighted by Crippen LogP contribution is 2.18. The Morgan fingerprint density at radius 1 is 1.09 bits per heavy atom. The molecule has 0 heterocycles. The van der Waals surface area contributed by atoms with Crippen LogP contribution in [-0.4, -0.2) is 18.2 Å². The van der Waals surface area contributed by atoms with Gasteiger partial charge in [-0.05, 0) is 48.1 Å². The molecule has 2 rings (SSSR count). The summed E-state index contributed by atoms with van der Waals surface area (Å²) in [6, 6.07) is 16.1. The standard InChI is InChI=1S/C18H18FNOS/c19-16-8-10-17(11-9-16)22-14-4-13-20-18(21)12-7-15-5-2-1-3-6-15/h1-3,5-12H,4,13-14H2,(H,20,21). The predicted molar refractivity (Wildman–Crippen MR) is 90.2 cm³/mol. The van der Waals surface area contributed by atoms with E-state index in [4.69, 9.17) is 0 Å². The maximum atomic E-state index is 12.8. The zero-order valence-electron chi connectivity index (χ0n) is 12.2. The van der Waals surface area contributed by atoms with E-state index >= 15 is 0 Å². The van der Waals surface area contributed by atoms with Gasteiger partial charge in [-0.25, -0.2) is 4.39 Å². The lowest BCUT2D eigenvalue weighted by atomic mass is 10.2. The highest BCUT2D eigenvalue weighted by atomic mass is 32.2. The molecule has 114 valence electrons. The number of carbonyl (C=O) groups is 1.